The van der Waals surface area contributed by atoms with Crippen molar-refractivity contribution in [3.8, 4) is 0 Å². The number of amides is 2. The molecule has 3 rings (SSSR count). The molecule has 2 bridgehead atoms. The zero-order valence-corrected chi connectivity index (χ0v) is 15.4. The van der Waals surface area contributed by atoms with Crippen LogP contribution in [0.3, 0.4) is 0 Å². The molecule has 0 aromatic heterocycles. The van der Waals surface area contributed by atoms with Crippen LogP contribution in [-0.4, -0.2) is 35.8 Å². The van der Waals surface area contributed by atoms with E-state index < -0.39 is 0 Å². The van der Waals surface area contributed by atoms with Crippen molar-refractivity contribution >= 4 is 17.5 Å². The van der Waals surface area contributed by atoms with Gasteiger partial charge in [0.2, 0.25) is 11.8 Å². The fourth-order valence-corrected chi connectivity index (χ4v) is 4.62. The van der Waals surface area contributed by atoms with Gasteiger partial charge in [-0.1, -0.05) is 18.2 Å². The number of anilines is 1. The maximum atomic E-state index is 13.0. The van der Waals surface area contributed by atoms with Crippen molar-refractivity contribution in [2.24, 2.45) is 23.5 Å². The van der Waals surface area contributed by atoms with Crippen molar-refractivity contribution in [2.75, 3.05) is 18.4 Å². The number of para-hydroxylation sites is 1. The number of hydrogen-bond donors (Lipinski definition) is 2. The van der Waals surface area contributed by atoms with Gasteiger partial charge in [0.05, 0.1) is 12.5 Å². The molecule has 5 nitrogen and oxygen atoms in total. The van der Waals surface area contributed by atoms with E-state index in [9.17, 15) is 9.59 Å². The Hall–Kier alpha value is -1.88. The lowest BCUT2D eigenvalue weighted by atomic mass is 9.84. The SMILES string of the molecule is CCN(CC(=O)Nc1c(C)cccc1C)C(=O)C1C2CCC(C2)C1N. The molecule has 2 saturated carbocycles. The van der Waals surface area contributed by atoms with E-state index in [0.29, 0.717) is 18.4 Å². The first-order valence-corrected chi connectivity index (χ1v) is 9.32. The molecular formula is C20H29N3O2. The van der Waals surface area contributed by atoms with Gasteiger partial charge in [-0.25, -0.2) is 0 Å². The van der Waals surface area contributed by atoms with Crippen molar-refractivity contribution in [2.45, 2.75) is 46.1 Å². The largest absolute Gasteiger partial charge is 0.333 e. The van der Waals surface area contributed by atoms with Crippen molar-refractivity contribution < 1.29 is 9.59 Å². The lowest BCUT2D eigenvalue weighted by Gasteiger charge is -2.32. The molecule has 0 saturated heterocycles. The highest BCUT2D eigenvalue weighted by Crippen LogP contribution is 2.48. The van der Waals surface area contributed by atoms with Crippen LogP contribution in [0.5, 0.6) is 0 Å². The van der Waals surface area contributed by atoms with E-state index in [1.807, 2.05) is 39.0 Å². The quantitative estimate of drug-likeness (QED) is 0.862. The molecule has 1 aromatic rings. The Morgan fingerprint density at radius 1 is 1.20 bits per heavy atom. The Morgan fingerprint density at radius 3 is 2.40 bits per heavy atom. The van der Waals surface area contributed by atoms with Gasteiger partial charge in [-0.05, 0) is 63.0 Å². The number of hydrogen-bond acceptors (Lipinski definition) is 3. The molecule has 3 N–H and O–H groups in total. The fourth-order valence-electron chi connectivity index (χ4n) is 4.62. The standard InChI is InChI=1S/C20H29N3O2/c1-4-23(20(25)17-14-8-9-15(10-14)18(17)21)11-16(24)22-19-12(2)6-5-7-13(19)3/h5-7,14-15,17-18H,4,8-11,21H2,1-3H3,(H,22,24). The highest BCUT2D eigenvalue weighted by Gasteiger charge is 2.50. The summed E-state index contributed by atoms with van der Waals surface area (Å²) in [4.78, 5) is 27.1. The molecule has 4 unspecified atom stereocenters. The van der Waals surface area contributed by atoms with Crippen molar-refractivity contribution in [1.29, 1.82) is 0 Å². The van der Waals surface area contributed by atoms with Crippen LogP contribution in [0.15, 0.2) is 18.2 Å². The van der Waals surface area contributed by atoms with Gasteiger partial charge in [0.25, 0.3) is 0 Å². The Balaban J connectivity index is 1.66. The molecule has 136 valence electrons. The van der Waals surface area contributed by atoms with Gasteiger partial charge in [0.1, 0.15) is 0 Å². The van der Waals surface area contributed by atoms with Crippen LogP contribution in [-0.2, 0) is 9.59 Å². The van der Waals surface area contributed by atoms with E-state index in [2.05, 4.69) is 5.32 Å². The Labute approximate surface area is 150 Å². The minimum absolute atomic E-state index is 0.0398. The van der Waals surface area contributed by atoms with E-state index in [4.69, 9.17) is 5.73 Å². The minimum atomic E-state index is -0.149. The van der Waals surface area contributed by atoms with Crippen LogP contribution in [0.2, 0.25) is 0 Å². The van der Waals surface area contributed by atoms with E-state index in [-0.39, 0.29) is 30.3 Å². The number of nitrogens with one attached hydrogen (secondary N) is 1. The molecule has 0 heterocycles. The third-order valence-electron chi connectivity index (χ3n) is 6.04. The number of aryl methyl sites for hydroxylation is 2. The zero-order chi connectivity index (χ0) is 18.1. The monoisotopic (exact) mass is 343 g/mol. The second kappa shape index (κ2) is 7.16. The molecule has 2 amide bonds. The maximum absolute atomic E-state index is 13.0. The van der Waals surface area contributed by atoms with Gasteiger partial charge < -0.3 is 16.0 Å². The molecule has 25 heavy (non-hydrogen) atoms. The fraction of sp³-hybridized carbons (Fsp3) is 0.600. The van der Waals surface area contributed by atoms with Gasteiger partial charge in [-0.2, -0.15) is 0 Å². The van der Waals surface area contributed by atoms with Gasteiger partial charge >= 0.3 is 0 Å². The first-order chi connectivity index (χ1) is 11.9. The predicted octanol–water partition coefficient (Wildman–Crippen LogP) is 2.46. The van der Waals surface area contributed by atoms with E-state index in [1.54, 1.807) is 4.90 Å². The normalized spacial score (nSPS) is 27.4. The van der Waals surface area contributed by atoms with Gasteiger partial charge in [-0.15, -0.1) is 0 Å². The topological polar surface area (TPSA) is 75.4 Å². The smallest absolute Gasteiger partial charge is 0.244 e. The highest BCUT2D eigenvalue weighted by molar-refractivity contribution is 5.96. The minimum Gasteiger partial charge on any atom is -0.333 e. The molecule has 0 radical (unpaired) electrons. The summed E-state index contributed by atoms with van der Waals surface area (Å²) < 4.78 is 0. The molecule has 1 aromatic carbocycles. The third kappa shape index (κ3) is 3.43. The molecule has 5 heteroatoms. The lowest BCUT2D eigenvalue weighted by molar-refractivity contribution is -0.140. The van der Waals surface area contributed by atoms with Gasteiger partial charge in [-0.3, -0.25) is 9.59 Å². The summed E-state index contributed by atoms with van der Waals surface area (Å²) in [7, 11) is 0. The number of likely N-dealkylation sites (N-methyl/N-ethyl adjacent to an activating group) is 1. The Morgan fingerprint density at radius 2 is 1.84 bits per heavy atom. The van der Waals surface area contributed by atoms with E-state index >= 15 is 0 Å². The number of nitrogens with zero attached hydrogens (tertiary/aromatic N) is 1. The van der Waals surface area contributed by atoms with Crippen molar-refractivity contribution in [3.63, 3.8) is 0 Å². The summed E-state index contributed by atoms with van der Waals surface area (Å²) >= 11 is 0. The van der Waals surface area contributed by atoms with Crippen LogP contribution >= 0.6 is 0 Å². The summed E-state index contributed by atoms with van der Waals surface area (Å²) in [5, 5.41) is 2.97. The molecular weight excluding hydrogens is 314 g/mol. The Bertz CT molecular complexity index is 651. The molecule has 0 spiro atoms. The second-order valence-electron chi connectivity index (χ2n) is 7.60. The van der Waals surface area contributed by atoms with E-state index in [0.717, 1.165) is 36.1 Å². The van der Waals surface area contributed by atoms with Crippen LogP contribution in [0, 0.1) is 31.6 Å². The summed E-state index contributed by atoms with van der Waals surface area (Å²) in [6, 6.07) is 5.87. The predicted molar refractivity (Wildman–Crippen MR) is 99.1 cm³/mol. The van der Waals surface area contributed by atoms with Gasteiger partial charge in [0.15, 0.2) is 0 Å². The Kier molecular flexibility index (Phi) is 5.13. The average molecular weight is 343 g/mol. The summed E-state index contributed by atoms with van der Waals surface area (Å²) in [5.74, 6) is 0.694. The summed E-state index contributed by atoms with van der Waals surface area (Å²) in [5.41, 5.74) is 9.20. The maximum Gasteiger partial charge on any atom is 0.244 e. The van der Waals surface area contributed by atoms with Gasteiger partial charge in [0, 0.05) is 18.3 Å². The number of carbonyl (C=O) groups is 2. The van der Waals surface area contributed by atoms with Crippen LogP contribution in [0.1, 0.15) is 37.3 Å². The molecule has 0 aliphatic heterocycles. The molecule has 2 aliphatic rings. The number of rotatable bonds is 5. The third-order valence-corrected chi connectivity index (χ3v) is 6.04. The number of fused-ring (bicyclic) bond motifs is 2. The number of carbonyl (C=O) groups excluding carboxylic acids is 2. The molecule has 4 atom stereocenters. The number of benzene rings is 1. The first kappa shape index (κ1) is 17.9. The van der Waals surface area contributed by atoms with Crippen LogP contribution in [0.25, 0.3) is 0 Å². The summed E-state index contributed by atoms with van der Waals surface area (Å²) in [6.45, 7) is 6.48. The molecule has 2 aliphatic carbocycles. The lowest BCUT2D eigenvalue weighted by Crippen LogP contribution is -2.49. The van der Waals surface area contributed by atoms with E-state index in [1.165, 1.54) is 0 Å². The highest BCUT2D eigenvalue weighted by atomic mass is 16.2. The van der Waals surface area contributed by atoms with Crippen molar-refractivity contribution in [3.05, 3.63) is 29.3 Å². The number of nitrogens with two attached hydrogens (primary N) is 1. The zero-order valence-electron chi connectivity index (χ0n) is 15.4. The molecule has 2 fully saturated rings. The summed E-state index contributed by atoms with van der Waals surface area (Å²) in [6.07, 6.45) is 3.32. The van der Waals surface area contributed by atoms with Crippen LogP contribution in [0.4, 0.5) is 5.69 Å². The van der Waals surface area contributed by atoms with Crippen LogP contribution < -0.4 is 11.1 Å². The second-order valence-corrected chi connectivity index (χ2v) is 7.60. The van der Waals surface area contributed by atoms with Crippen molar-refractivity contribution in [1.82, 2.24) is 4.90 Å². The average Bonchev–Trinajstić information content (AvgIpc) is 3.16. The first-order valence-electron chi connectivity index (χ1n) is 9.32.